The van der Waals surface area contributed by atoms with Crippen molar-refractivity contribution in [3.05, 3.63) is 35.9 Å². The summed E-state index contributed by atoms with van der Waals surface area (Å²) in [6.45, 7) is 5.21. The van der Waals surface area contributed by atoms with Crippen molar-refractivity contribution < 1.29 is 4.79 Å². The van der Waals surface area contributed by atoms with Crippen molar-refractivity contribution >= 4 is 11.9 Å². The third-order valence-electron chi connectivity index (χ3n) is 6.73. The van der Waals surface area contributed by atoms with Gasteiger partial charge in [0.1, 0.15) is 0 Å². The number of likely N-dealkylation sites (tertiary alicyclic amines) is 2. The lowest BCUT2D eigenvalue weighted by Crippen LogP contribution is -2.56. The molecule has 1 amide bonds. The summed E-state index contributed by atoms with van der Waals surface area (Å²) < 4.78 is 0. The number of piperidine rings is 2. The van der Waals surface area contributed by atoms with E-state index >= 15 is 0 Å². The monoisotopic (exact) mass is 411 g/mol. The molecule has 6 nitrogen and oxygen atoms in total. The van der Waals surface area contributed by atoms with Crippen LogP contribution < -0.4 is 10.6 Å². The van der Waals surface area contributed by atoms with Gasteiger partial charge in [0.2, 0.25) is 5.91 Å². The van der Waals surface area contributed by atoms with E-state index in [0.29, 0.717) is 24.4 Å². The number of guanidine groups is 1. The summed E-state index contributed by atoms with van der Waals surface area (Å²) in [7, 11) is 1.87. The first-order valence-electron chi connectivity index (χ1n) is 11.8. The van der Waals surface area contributed by atoms with Gasteiger partial charge in [-0.25, -0.2) is 0 Å². The van der Waals surface area contributed by atoms with Crippen LogP contribution in [0.4, 0.5) is 0 Å². The lowest BCUT2D eigenvalue weighted by molar-refractivity contribution is -0.121. The van der Waals surface area contributed by atoms with Crippen molar-refractivity contribution in [2.75, 3.05) is 33.2 Å². The molecule has 3 aliphatic rings. The molecule has 1 saturated carbocycles. The highest BCUT2D eigenvalue weighted by molar-refractivity contribution is 5.80. The van der Waals surface area contributed by atoms with Gasteiger partial charge >= 0.3 is 0 Å². The summed E-state index contributed by atoms with van der Waals surface area (Å²) in [6.07, 6.45) is 7.53. The topological polar surface area (TPSA) is 60.0 Å². The zero-order valence-corrected chi connectivity index (χ0v) is 18.4. The summed E-state index contributed by atoms with van der Waals surface area (Å²) in [5, 5.41) is 6.55. The van der Waals surface area contributed by atoms with Gasteiger partial charge in [0, 0.05) is 51.7 Å². The summed E-state index contributed by atoms with van der Waals surface area (Å²) in [5.74, 6) is 1.89. The van der Waals surface area contributed by atoms with Crippen molar-refractivity contribution in [2.24, 2.45) is 10.9 Å². The van der Waals surface area contributed by atoms with Gasteiger partial charge in [-0.05, 0) is 56.6 Å². The molecule has 1 aromatic carbocycles. The number of hydrogen-bond donors (Lipinski definition) is 2. The van der Waals surface area contributed by atoms with Crippen molar-refractivity contribution in [3.8, 4) is 0 Å². The Kier molecular flexibility index (Phi) is 7.26. The molecule has 2 atom stereocenters. The molecular formula is C24H37N5O. The number of fused-ring (bicyclic) bond motifs is 1. The molecule has 1 aliphatic carbocycles. The smallest absolute Gasteiger partial charge is 0.220 e. The first-order chi connectivity index (χ1) is 14.7. The molecule has 0 bridgehead atoms. The Morgan fingerprint density at radius 3 is 2.73 bits per heavy atom. The van der Waals surface area contributed by atoms with Gasteiger partial charge in [0.15, 0.2) is 5.96 Å². The van der Waals surface area contributed by atoms with Crippen molar-refractivity contribution in [1.29, 1.82) is 0 Å². The third kappa shape index (κ3) is 5.75. The Morgan fingerprint density at radius 2 is 1.97 bits per heavy atom. The van der Waals surface area contributed by atoms with Gasteiger partial charge in [-0.1, -0.05) is 30.3 Å². The predicted octanol–water partition coefficient (Wildman–Crippen LogP) is 2.61. The number of carbonyl (C=O) groups is 1. The Balaban J connectivity index is 1.23. The fourth-order valence-electron chi connectivity index (χ4n) is 5.02. The highest BCUT2D eigenvalue weighted by atomic mass is 16.1. The molecule has 0 aromatic heterocycles. The molecule has 2 N–H and O–H groups in total. The van der Waals surface area contributed by atoms with Crippen LogP contribution in [0.15, 0.2) is 35.3 Å². The standard InChI is InChI=1S/C24H37N5O/c1-25-24(26-14-5-10-23(30)27-21-11-12-21)29-16-13-22-20(18-29)9-6-15-28(22)17-19-7-3-2-4-8-19/h2-4,7-8,20-22H,5-6,9-18H2,1H3,(H,25,26)(H,27,30). The Hall–Kier alpha value is -2.08. The lowest BCUT2D eigenvalue weighted by atomic mass is 9.83. The molecule has 2 saturated heterocycles. The van der Waals surface area contributed by atoms with Crippen LogP contribution in [0.5, 0.6) is 0 Å². The Bertz CT molecular complexity index is 718. The average Bonchev–Trinajstić information content (AvgIpc) is 3.58. The van der Waals surface area contributed by atoms with E-state index in [1.54, 1.807) is 0 Å². The first-order valence-corrected chi connectivity index (χ1v) is 11.8. The van der Waals surface area contributed by atoms with E-state index in [1.165, 1.54) is 31.4 Å². The van der Waals surface area contributed by atoms with E-state index in [1.807, 2.05) is 7.05 Å². The molecule has 6 heteroatoms. The minimum Gasteiger partial charge on any atom is -0.356 e. The summed E-state index contributed by atoms with van der Waals surface area (Å²) in [6, 6.07) is 12.0. The SMILES string of the molecule is CN=C(NCCCC(=O)NC1CC1)N1CCC2C(CCCN2Cc2ccccc2)C1. The zero-order valence-electron chi connectivity index (χ0n) is 18.4. The maximum atomic E-state index is 11.8. The number of hydrogen-bond acceptors (Lipinski definition) is 3. The van der Waals surface area contributed by atoms with E-state index in [0.717, 1.165) is 51.4 Å². The van der Waals surface area contributed by atoms with E-state index in [2.05, 4.69) is 55.8 Å². The molecule has 4 rings (SSSR count). The fraction of sp³-hybridized carbons (Fsp3) is 0.667. The van der Waals surface area contributed by atoms with E-state index < -0.39 is 0 Å². The molecule has 0 radical (unpaired) electrons. The summed E-state index contributed by atoms with van der Waals surface area (Å²) in [5.41, 5.74) is 1.42. The van der Waals surface area contributed by atoms with Crippen molar-refractivity contribution in [3.63, 3.8) is 0 Å². The second kappa shape index (κ2) is 10.3. The van der Waals surface area contributed by atoms with Crippen molar-refractivity contribution in [2.45, 2.75) is 63.6 Å². The first kappa shape index (κ1) is 21.2. The van der Waals surface area contributed by atoms with Crippen LogP contribution in [-0.4, -0.2) is 67.0 Å². The average molecular weight is 412 g/mol. The molecule has 2 aliphatic heterocycles. The minimum absolute atomic E-state index is 0.191. The summed E-state index contributed by atoms with van der Waals surface area (Å²) >= 11 is 0. The summed E-state index contributed by atoms with van der Waals surface area (Å²) in [4.78, 5) is 21.5. The number of amides is 1. The molecule has 0 spiro atoms. The lowest BCUT2D eigenvalue weighted by Gasteiger charge is -2.48. The molecule has 30 heavy (non-hydrogen) atoms. The highest BCUT2D eigenvalue weighted by Gasteiger charge is 2.36. The second-order valence-corrected chi connectivity index (χ2v) is 9.08. The molecular weight excluding hydrogens is 374 g/mol. The molecule has 164 valence electrons. The number of benzene rings is 1. The Morgan fingerprint density at radius 1 is 1.13 bits per heavy atom. The largest absolute Gasteiger partial charge is 0.356 e. The quantitative estimate of drug-likeness (QED) is 0.411. The fourth-order valence-corrected chi connectivity index (χ4v) is 5.02. The van der Waals surface area contributed by atoms with Gasteiger partial charge in [0.25, 0.3) is 0 Å². The second-order valence-electron chi connectivity index (χ2n) is 9.08. The van der Waals surface area contributed by atoms with Crippen LogP contribution in [-0.2, 0) is 11.3 Å². The van der Waals surface area contributed by atoms with E-state index in [-0.39, 0.29) is 5.91 Å². The number of carbonyl (C=O) groups excluding carboxylic acids is 1. The molecule has 1 aromatic rings. The van der Waals surface area contributed by atoms with E-state index in [9.17, 15) is 4.79 Å². The van der Waals surface area contributed by atoms with Crippen LogP contribution in [0.25, 0.3) is 0 Å². The number of aliphatic imine (C=N–C) groups is 1. The van der Waals surface area contributed by atoms with Crippen LogP contribution in [0.2, 0.25) is 0 Å². The van der Waals surface area contributed by atoms with E-state index in [4.69, 9.17) is 0 Å². The van der Waals surface area contributed by atoms with Gasteiger partial charge in [-0.2, -0.15) is 0 Å². The maximum absolute atomic E-state index is 11.8. The maximum Gasteiger partial charge on any atom is 0.220 e. The predicted molar refractivity (Wildman–Crippen MR) is 121 cm³/mol. The van der Waals surface area contributed by atoms with Crippen LogP contribution >= 0.6 is 0 Å². The minimum atomic E-state index is 0.191. The zero-order chi connectivity index (χ0) is 20.8. The van der Waals surface area contributed by atoms with Gasteiger partial charge in [-0.15, -0.1) is 0 Å². The van der Waals surface area contributed by atoms with Crippen molar-refractivity contribution in [1.82, 2.24) is 20.4 Å². The molecule has 2 unspecified atom stereocenters. The van der Waals surface area contributed by atoms with Gasteiger partial charge < -0.3 is 15.5 Å². The Labute approximate surface area is 181 Å². The highest BCUT2D eigenvalue weighted by Crippen LogP contribution is 2.31. The number of rotatable bonds is 7. The third-order valence-corrected chi connectivity index (χ3v) is 6.73. The van der Waals surface area contributed by atoms with Gasteiger partial charge in [-0.3, -0.25) is 14.7 Å². The number of nitrogens with one attached hydrogen (secondary N) is 2. The van der Waals surface area contributed by atoms with Gasteiger partial charge in [0.05, 0.1) is 0 Å². The van der Waals surface area contributed by atoms with Crippen LogP contribution in [0.1, 0.15) is 50.5 Å². The molecule has 3 fully saturated rings. The number of nitrogens with zero attached hydrogens (tertiary/aromatic N) is 3. The normalized spacial score (nSPS) is 25.0. The van der Waals surface area contributed by atoms with Crippen LogP contribution in [0.3, 0.4) is 0 Å². The molecule has 2 heterocycles. The van der Waals surface area contributed by atoms with Crippen LogP contribution in [0, 0.1) is 5.92 Å².